The van der Waals surface area contributed by atoms with E-state index < -0.39 is 0 Å². The molecule has 0 bridgehead atoms. The van der Waals surface area contributed by atoms with Gasteiger partial charge in [-0.3, -0.25) is 0 Å². The van der Waals surface area contributed by atoms with Gasteiger partial charge < -0.3 is 11.2 Å². The van der Waals surface area contributed by atoms with Crippen molar-refractivity contribution in [2.24, 2.45) is 0 Å². The highest BCUT2D eigenvalue weighted by Gasteiger charge is 1.98. The van der Waals surface area contributed by atoms with E-state index in [2.05, 4.69) is 10.4 Å². The van der Waals surface area contributed by atoms with Gasteiger partial charge in [-0.25, -0.2) is 9.99 Å². The van der Waals surface area contributed by atoms with Crippen LogP contribution in [0.15, 0.2) is 12.1 Å². The molecule has 1 rings (SSSR count). The Labute approximate surface area is 76.3 Å². The first-order valence-electron chi connectivity index (χ1n) is 3.45. The van der Waals surface area contributed by atoms with Crippen LogP contribution < -0.4 is 11.2 Å². The third-order valence-corrected chi connectivity index (χ3v) is 1.35. The summed E-state index contributed by atoms with van der Waals surface area (Å²) in [6.07, 6.45) is 0. The Bertz CT molecular complexity index is 254. The van der Waals surface area contributed by atoms with Gasteiger partial charge in [-0.05, 0) is 6.07 Å². The summed E-state index contributed by atoms with van der Waals surface area (Å²) in [6.45, 7) is 0. The predicted molar refractivity (Wildman–Crippen MR) is 51.0 cm³/mol. The Morgan fingerprint density at radius 2 is 2.17 bits per heavy atom. The second-order valence-electron chi connectivity index (χ2n) is 2.61. The molecule has 5 heteroatoms. The summed E-state index contributed by atoms with van der Waals surface area (Å²) in [6, 6.07) is 3.31. The number of nitrogen functional groups attached to an aromatic ring is 1. The molecule has 3 N–H and O–H groups in total. The standard InChI is InChI=1S/C7H11ClN4/c1-12(2)11-7-4-5(9)3-6(8)10-7/h3-4H,1-2H3,(H3,9,10,11). The highest BCUT2D eigenvalue weighted by Crippen LogP contribution is 2.15. The Kier molecular flexibility index (Phi) is 2.73. The zero-order chi connectivity index (χ0) is 9.14. The third-order valence-electron chi connectivity index (χ3n) is 1.15. The minimum Gasteiger partial charge on any atom is -0.399 e. The second-order valence-corrected chi connectivity index (χ2v) is 3.00. The van der Waals surface area contributed by atoms with Crippen molar-refractivity contribution in [3.05, 3.63) is 17.3 Å². The summed E-state index contributed by atoms with van der Waals surface area (Å²) >= 11 is 5.68. The molecule has 12 heavy (non-hydrogen) atoms. The topological polar surface area (TPSA) is 54.2 Å². The van der Waals surface area contributed by atoms with Crippen LogP contribution in [0.2, 0.25) is 5.15 Å². The van der Waals surface area contributed by atoms with Crippen LogP contribution in [0.25, 0.3) is 0 Å². The highest BCUT2D eigenvalue weighted by atomic mass is 35.5. The van der Waals surface area contributed by atoms with Gasteiger partial charge in [0.15, 0.2) is 0 Å². The average Bonchev–Trinajstić information content (AvgIpc) is 1.81. The molecule has 0 radical (unpaired) electrons. The third kappa shape index (κ3) is 2.56. The normalized spacial score (nSPS) is 10.3. The molecule has 66 valence electrons. The van der Waals surface area contributed by atoms with Gasteiger partial charge in [0.1, 0.15) is 11.0 Å². The van der Waals surface area contributed by atoms with Gasteiger partial charge in [0.05, 0.1) is 0 Å². The number of aromatic nitrogens is 1. The lowest BCUT2D eigenvalue weighted by Crippen LogP contribution is -2.20. The molecule has 0 atom stereocenters. The van der Waals surface area contributed by atoms with Crippen molar-refractivity contribution in [1.29, 1.82) is 0 Å². The monoisotopic (exact) mass is 186 g/mol. The van der Waals surface area contributed by atoms with E-state index in [1.807, 2.05) is 14.1 Å². The van der Waals surface area contributed by atoms with Crippen LogP contribution in [-0.2, 0) is 0 Å². The lowest BCUT2D eigenvalue weighted by Gasteiger charge is -2.12. The molecule has 4 nitrogen and oxygen atoms in total. The molecule has 0 spiro atoms. The first kappa shape index (κ1) is 9.09. The molecule has 0 saturated carbocycles. The Balaban J connectivity index is 2.85. The maximum Gasteiger partial charge on any atom is 0.144 e. The van der Waals surface area contributed by atoms with Gasteiger partial charge in [0.2, 0.25) is 0 Å². The first-order chi connectivity index (χ1) is 5.58. The molecule has 0 aliphatic rings. The van der Waals surface area contributed by atoms with E-state index in [0.717, 1.165) is 0 Å². The summed E-state index contributed by atoms with van der Waals surface area (Å²) in [4.78, 5) is 4.01. The zero-order valence-corrected chi connectivity index (χ0v) is 7.76. The average molecular weight is 187 g/mol. The van der Waals surface area contributed by atoms with Crippen LogP contribution in [0.5, 0.6) is 0 Å². The second kappa shape index (κ2) is 3.60. The largest absolute Gasteiger partial charge is 0.399 e. The first-order valence-corrected chi connectivity index (χ1v) is 3.83. The Morgan fingerprint density at radius 3 is 2.67 bits per heavy atom. The summed E-state index contributed by atoms with van der Waals surface area (Å²) in [5.74, 6) is 0.644. The minimum absolute atomic E-state index is 0.388. The summed E-state index contributed by atoms with van der Waals surface area (Å²) in [5.41, 5.74) is 9.09. The number of pyridine rings is 1. The van der Waals surface area contributed by atoms with E-state index in [0.29, 0.717) is 16.7 Å². The van der Waals surface area contributed by atoms with E-state index in [4.69, 9.17) is 17.3 Å². The lowest BCUT2D eigenvalue weighted by molar-refractivity contribution is 0.492. The fraction of sp³-hybridized carbons (Fsp3) is 0.286. The molecule has 1 aromatic heterocycles. The fourth-order valence-corrected chi connectivity index (χ4v) is 1.02. The van der Waals surface area contributed by atoms with Crippen molar-refractivity contribution in [3.63, 3.8) is 0 Å². The van der Waals surface area contributed by atoms with Crippen molar-refractivity contribution in [3.8, 4) is 0 Å². The number of hydrazine groups is 1. The molecule has 0 saturated heterocycles. The number of nitrogens with one attached hydrogen (secondary N) is 1. The quantitative estimate of drug-likeness (QED) is 0.539. The van der Waals surface area contributed by atoms with Crippen LogP contribution in [0.4, 0.5) is 11.5 Å². The lowest BCUT2D eigenvalue weighted by atomic mass is 10.4. The van der Waals surface area contributed by atoms with Gasteiger partial charge >= 0.3 is 0 Å². The number of hydrogen-bond acceptors (Lipinski definition) is 4. The summed E-state index contributed by atoms with van der Waals surface area (Å²) in [5, 5.41) is 2.15. The molecule has 1 heterocycles. The summed E-state index contributed by atoms with van der Waals surface area (Å²) < 4.78 is 0. The van der Waals surface area contributed by atoms with Gasteiger partial charge in [-0.1, -0.05) is 11.6 Å². The fourth-order valence-electron chi connectivity index (χ4n) is 0.803. The van der Waals surface area contributed by atoms with Crippen molar-refractivity contribution >= 4 is 23.1 Å². The van der Waals surface area contributed by atoms with Gasteiger partial charge in [0.25, 0.3) is 0 Å². The number of hydrogen-bond donors (Lipinski definition) is 2. The van der Waals surface area contributed by atoms with Crippen molar-refractivity contribution in [1.82, 2.24) is 9.99 Å². The Morgan fingerprint density at radius 1 is 1.50 bits per heavy atom. The van der Waals surface area contributed by atoms with Gasteiger partial charge in [-0.15, -0.1) is 0 Å². The molecule has 0 unspecified atom stereocenters. The molecular formula is C7H11ClN4. The molecule has 0 amide bonds. The maximum atomic E-state index is 5.68. The van der Waals surface area contributed by atoms with Crippen LogP contribution in [0.1, 0.15) is 0 Å². The van der Waals surface area contributed by atoms with Crippen molar-refractivity contribution in [2.45, 2.75) is 0 Å². The van der Waals surface area contributed by atoms with E-state index in [1.165, 1.54) is 0 Å². The number of nitrogens with zero attached hydrogens (tertiary/aromatic N) is 2. The highest BCUT2D eigenvalue weighted by molar-refractivity contribution is 6.29. The van der Waals surface area contributed by atoms with Crippen LogP contribution >= 0.6 is 11.6 Å². The molecule has 0 fully saturated rings. The molecular weight excluding hydrogens is 176 g/mol. The van der Waals surface area contributed by atoms with E-state index in [1.54, 1.807) is 17.1 Å². The van der Waals surface area contributed by atoms with E-state index >= 15 is 0 Å². The molecule has 0 aliphatic carbocycles. The van der Waals surface area contributed by atoms with Gasteiger partial charge in [-0.2, -0.15) is 0 Å². The number of nitrogens with two attached hydrogens (primary N) is 1. The molecule has 0 aliphatic heterocycles. The molecule has 0 aromatic carbocycles. The van der Waals surface area contributed by atoms with E-state index in [-0.39, 0.29) is 0 Å². The number of anilines is 2. The smallest absolute Gasteiger partial charge is 0.144 e. The van der Waals surface area contributed by atoms with Gasteiger partial charge in [0, 0.05) is 25.8 Å². The number of halogens is 1. The van der Waals surface area contributed by atoms with Crippen molar-refractivity contribution in [2.75, 3.05) is 25.3 Å². The van der Waals surface area contributed by atoms with E-state index in [9.17, 15) is 0 Å². The zero-order valence-electron chi connectivity index (χ0n) is 7.00. The SMILES string of the molecule is CN(C)Nc1cc(N)cc(Cl)n1. The predicted octanol–water partition coefficient (Wildman–Crippen LogP) is 1.21. The minimum atomic E-state index is 0.388. The van der Waals surface area contributed by atoms with Crippen LogP contribution in [0, 0.1) is 0 Å². The Hall–Kier alpha value is -1.00. The van der Waals surface area contributed by atoms with Crippen LogP contribution in [0.3, 0.4) is 0 Å². The molecule has 1 aromatic rings. The summed E-state index contributed by atoms with van der Waals surface area (Å²) in [7, 11) is 3.72. The number of rotatable bonds is 2. The van der Waals surface area contributed by atoms with Crippen LogP contribution in [-0.4, -0.2) is 24.1 Å². The maximum absolute atomic E-state index is 5.68. The van der Waals surface area contributed by atoms with Crippen molar-refractivity contribution < 1.29 is 0 Å².